The fourth-order valence-electron chi connectivity index (χ4n) is 6.48. The number of para-hydroxylation sites is 1. The molecule has 2 heterocycles. The first kappa shape index (κ1) is 33.5. The molecule has 0 saturated heterocycles. The van der Waals surface area contributed by atoms with Crippen LogP contribution in [0.15, 0.2) is 126 Å². The lowest BCUT2D eigenvalue weighted by Gasteiger charge is -2.28. The lowest BCUT2D eigenvalue weighted by Crippen LogP contribution is -2.44. The van der Waals surface area contributed by atoms with Gasteiger partial charge in [-0.05, 0) is 34.9 Å². The van der Waals surface area contributed by atoms with E-state index >= 15 is 0 Å². The third-order valence-corrected chi connectivity index (χ3v) is 9.13. The van der Waals surface area contributed by atoms with Gasteiger partial charge in [-0.3, -0.25) is 14.4 Å². The van der Waals surface area contributed by atoms with Gasteiger partial charge in [-0.1, -0.05) is 110 Å². The Labute approximate surface area is 286 Å². The Balaban J connectivity index is 1.19. The van der Waals surface area contributed by atoms with Crippen molar-refractivity contribution in [3.63, 3.8) is 0 Å². The summed E-state index contributed by atoms with van der Waals surface area (Å²) in [5.74, 6) is -1.39. The first-order valence-corrected chi connectivity index (χ1v) is 16.6. The average Bonchev–Trinajstić information content (AvgIpc) is 3.35. The number of rotatable bonds is 12. The molecule has 0 unspecified atom stereocenters. The zero-order valence-electron chi connectivity index (χ0n) is 27.5. The minimum Gasteiger partial charge on any atom is -0.395 e. The highest BCUT2D eigenvalue weighted by Gasteiger charge is 2.52. The van der Waals surface area contributed by atoms with Crippen molar-refractivity contribution in [2.75, 3.05) is 23.1 Å². The molecule has 0 bridgehead atoms. The molecule has 2 aliphatic rings. The lowest BCUT2D eigenvalue weighted by molar-refractivity contribution is -0.139. The van der Waals surface area contributed by atoms with Crippen LogP contribution in [-0.2, 0) is 33.1 Å². The van der Waals surface area contributed by atoms with Gasteiger partial charge < -0.3 is 20.0 Å². The van der Waals surface area contributed by atoms with E-state index in [1.54, 1.807) is 41.0 Å². The zero-order valence-corrected chi connectivity index (χ0v) is 27.5. The van der Waals surface area contributed by atoms with Crippen LogP contribution in [0.2, 0.25) is 0 Å². The van der Waals surface area contributed by atoms with Crippen molar-refractivity contribution in [1.29, 1.82) is 0 Å². The Kier molecular flexibility index (Phi) is 10.1. The smallest absolute Gasteiger partial charge is 0.264 e. The first-order valence-electron chi connectivity index (χ1n) is 16.6. The third kappa shape index (κ3) is 7.09. The number of aliphatic hydroxyl groups is 2. The number of benzene rings is 4. The Bertz CT molecular complexity index is 1880. The lowest BCUT2D eigenvalue weighted by atomic mass is 9.83. The summed E-state index contributed by atoms with van der Waals surface area (Å²) in [4.78, 5) is 43.3. The summed E-state index contributed by atoms with van der Waals surface area (Å²) in [6, 6.07) is 34.0. The molecule has 9 heteroatoms. The topological polar surface area (TPSA) is 114 Å². The van der Waals surface area contributed by atoms with Crippen molar-refractivity contribution >= 4 is 34.8 Å². The first-order chi connectivity index (χ1) is 23.8. The van der Waals surface area contributed by atoms with Crippen LogP contribution >= 0.6 is 0 Å². The number of aliphatic hydroxyl groups excluding tert-OH is 1. The second kappa shape index (κ2) is 14.8. The van der Waals surface area contributed by atoms with E-state index in [4.69, 9.17) is 0 Å². The molecule has 250 valence electrons. The summed E-state index contributed by atoms with van der Waals surface area (Å²) in [5, 5.41) is 27.7. The van der Waals surface area contributed by atoms with Gasteiger partial charge in [-0.2, -0.15) is 5.10 Å². The van der Waals surface area contributed by atoms with Crippen molar-refractivity contribution in [1.82, 2.24) is 4.90 Å². The maximum atomic E-state index is 14.1. The number of fused-ring (bicyclic) bond motifs is 1. The highest BCUT2D eigenvalue weighted by molar-refractivity contribution is 6.09. The molecule has 3 amide bonds. The quantitative estimate of drug-likeness (QED) is 0.194. The maximum Gasteiger partial charge on any atom is 0.264 e. The molecule has 49 heavy (non-hydrogen) atoms. The Morgan fingerprint density at radius 1 is 0.918 bits per heavy atom. The van der Waals surface area contributed by atoms with E-state index in [1.807, 2.05) is 97.1 Å². The number of hydrogen-bond donors (Lipinski definition) is 2. The summed E-state index contributed by atoms with van der Waals surface area (Å²) in [7, 11) is 0. The van der Waals surface area contributed by atoms with Gasteiger partial charge in [0.2, 0.25) is 11.8 Å². The standard InChI is InChI=1S/C40H40N4O5/c1-29(12-10-21-37(46)42(24-25-45)27-30-13-4-2-5-14-30)40(49)34-19-8-9-20-36(34)43(39(40)48)28-31-15-11-18-33(26-31)44-38(47)23-22-35(41-44)32-16-6-3-7-17-32/h2-20,26,29,45,49H,21-25,27-28H2,1H3/b12-10+/t29-,40+/m1/s1. The van der Waals surface area contributed by atoms with Crippen LogP contribution in [0.1, 0.15) is 48.4 Å². The largest absolute Gasteiger partial charge is 0.395 e. The molecule has 2 aliphatic heterocycles. The number of amides is 3. The van der Waals surface area contributed by atoms with E-state index in [1.165, 1.54) is 5.01 Å². The van der Waals surface area contributed by atoms with Crippen LogP contribution in [-0.4, -0.2) is 51.7 Å². The second-order valence-corrected chi connectivity index (χ2v) is 12.4. The molecule has 9 nitrogen and oxygen atoms in total. The summed E-state index contributed by atoms with van der Waals surface area (Å²) in [6.07, 6.45) is 4.35. The predicted octanol–water partition coefficient (Wildman–Crippen LogP) is 5.56. The molecule has 0 fully saturated rings. The zero-order chi connectivity index (χ0) is 34.4. The van der Waals surface area contributed by atoms with E-state index in [-0.39, 0.29) is 37.9 Å². The van der Waals surface area contributed by atoms with Gasteiger partial charge in [-0.15, -0.1) is 0 Å². The van der Waals surface area contributed by atoms with Crippen molar-refractivity contribution < 1.29 is 24.6 Å². The molecular formula is C40H40N4O5. The third-order valence-electron chi connectivity index (χ3n) is 9.13. The number of carbonyl (C=O) groups is 3. The van der Waals surface area contributed by atoms with Gasteiger partial charge in [0, 0.05) is 43.8 Å². The van der Waals surface area contributed by atoms with Crippen molar-refractivity contribution in [3.8, 4) is 0 Å². The number of hydrogen-bond acceptors (Lipinski definition) is 6. The number of carbonyl (C=O) groups excluding carboxylic acids is 3. The van der Waals surface area contributed by atoms with Gasteiger partial charge in [0.15, 0.2) is 5.60 Å². The van der Waals surface area contributed by atoms with Crippen molar-refractivity contribution in [3.05, 3.63) is 144 Å². The highest BCUT2D eigenvalue weighted by Crippen LogP contribution is 2.45. The Morgan fingerprint density at radius 3 is 2.37 bits per heavy atom. The van der Waals surface area contributed by atoms with E-state index < -0.39 is 17.4 Å². The van der Waals surface area contributed by atoms with Gasteiger partial charge >= 0.3 is 0 Å². The monoisotopic (exact) mass is 656 g/mol. The van der Waals surface area contributed by atoms with Gasteiger partial charge in [0.1, 0.15) is 0 Å². The molecule has 0 aromatic heterocycles. The molecule has 2 N–H and O–H groups in total. The summed E-state index contributed by atoms with van der Waals surface area (Å²) < 4.78 is 0. The van der Waals surface area contributed by atoms with E-state index in [0.29, 0.717) is 36.3 Å². The molecule has 4 aromatic carbocycles. The van der Waals surface area contributed by atoms with Gasteiger partial charge in [-0.25, -0.2) is 5.01 Å². The van der Waals surface area contributed by atoms with Crippen molar-refractivity contribution in [2.45, 2.75) is 44.9 Å². The molecule has 6 rings (SSSR count). The molecule has 0 saturated carbocycles. The minimum absolute atomic E-state index is 0.0588. The fraction of sp³-hybridized carbons (Fsp3) is 0.250. The van der Waals surface area contributed by atoms with Crippen LogP contribution in [0, 0.1) is 5.92 Å². The maximum absolute atomic E-state index is 14.1. The highest BCUT2D eigenvalue weighted by atomic mass is 16.3. The number of nitrogens with zero attached hydrogens (tertiary/aromatic N) is 4. The summed E-state index contributed by atoms with van der Waals surface area (Å²) >= 11 is 0. The molecule has 4 aromatic rings. The van der Waals surface area contributed by atoms with E-state index in [9.17, 15) is 24.6 Å². The van der Waals surface area contributed by atoms with Gasteiger partial charge in [0.25, 0.3) is 5.91 Å². The van der Waals surface area contributed by atoms with Crippen LogP contribution in [0.3, 0.4) is 0 Å². The van der Waals surface area contributed by atoms with Gasteiger partial charge in [0.05, 0.1) is 30.2 Å². The summed E-state index contributed by atoms with van der Waals surface area (Å²) in [6.45, 7) is 2.36. The average molecular weight is 657 g/mol. The molecule has 0 aliphatic carbocycles. The normalized spacial score (nSPS) is 18.1. The number of hydrazone groups is 1. The Morgan fingerprint density at radius 2 is 1.61 bits per heavy atom. The fourth-order valence-corrected chi connectivity index (χ4v) is 6.48. The van der Waals surface area contributed by atoms with E-state index in [0.717, 1.165) is 22.4 Å². The molecule has 0 radical (unpaired) electrons. The second-order valence-electron chi connectivity index (χ2n) is 12.4. The van der Waals surface area contributed by atoms with E-state index in [2.05, 4.69) is 5.10 Å². The predicted molar refractivity (Wildman–Crippen MR) is 190 cm³/mol. The SMILES string of the molecule is C[C@H](/C=C/CC(=O)N(CCO)Cc1ccccc1)[C@@]1(O)C(=O)N(Cc2cccc(N3N=C(c4ccccc4)CCC3=O)c2)c2ccccc21. The van der Waals surface area contributed by atoms with Crippen LogP contribution in [0.25, 0.3) is 0 Å². The minimum atomic E-state index is -1.85. The molecular weight excluding hydrogens is 616 g/mol. The Hall–Kier alpha value is -5.38. The summed E-state index contributed by atoms with van der Waals surface area (Å²) in [5.41, 5.74) is 3.39. The van der Waals surface area contributed by atoms with Crippen LogP contribution < -0.4 is 9.91 Å². The van der Waals surface area contributed by atoms with Crippen molar-refractivity contribution in [2.24, 2.45) is 11.0 Å². The molecule has 0 spiro atoms. The number of anilines is 2. The molecule has 2 atom stereocenters. The van der Waals surface area contributed by atoms with Crippen LogP contribution in [0.4, 0.5) is 11.4 Å². The van der Waals surface area contributed by atoms with Crippen LogP contribution in [0.5, 0.6) is 0 Å².